The SMILES string of the molecule is COc1ccc(N2C(=S)N[C@H](c3ccccn3)[C@H]2c2cccn2C)cc1. The molecule has 3 aromatic rings. The number of aryl methyl sites for hydroxylation is 1. The molecule has 0 saturated carbocycles. The third kappa shape index (κ3) is 2.82. The predicted octanol–water partition coefficient (Wildman–Crippen LogP) is 3.61. The number of benzene rings is 1. The van der Waals surface area contributed by atoms with E-state index in [1.54, 1.807) is 7.11 Å². The van der Waals surface area contributed by atoms with Gasteiger partial charge in [0.1, 0.15) is 11.8 Å². The number of rotatable bonds is 4. The van der Waals surface area contributed by atoms with Crippen LogP contribution in [0.15, 0.2) is 67.0 Å². The van der Waals surface area contributed by atoms with Crippen molar-refractivity contribution in [3.05, 3.63) is 78.4 Å². The highest BCUT2D eigenvalue weighted by molar-refractivity contribution is 7.80. The molecule has 4 rings (SSSR count). The van der Waals surface area contributed by atoms with Crippen molar-refractivity contribution in [2.75, 3.05) is 12.0 Å². The zero-order chi connectivity index (χ0) is 18.1. The Morgan fingerprint density at radius 2 is 1.88 bits per heavy atom. The van der Waals surface area contributed by atoms with E-state index in [2.05, 4.69) is 45.1 Å². The third-order valence-corrected chi connectivity index (χ3v) is 5.05. The Balaban J connectivity index is 1.81. The van der Waals surface area contributed by atoms with Crippen LogP contribution >= 0.6 is 12.2 Å². The molecule has 1 saturated heterocycles. The van der Waals surface area contributed by atoms with Gasteiger partial charge >= 0.3 is 0 Å². The van der Waals surface area contributed by atoms with Crippen LogP contribution < -0.4 is 15.0 Å². The first-order valence-electron chi connectivity index (χ1n) is 8.45. The van der Waals surface area contributed by atoms with Crippen LogP contribution in [0.5, 0.6) is 5.75 Å². The lowest BCUT2D eigenvalue weighted by Crippen LogP contribution is -2.30. The highest BCUT2D eigenvalue weighted by atomic mass is 32.1. The maximum absolute atomic E-state index is 5.70. The Hall–Kier alpha value is -2.86. The standard InChI is InChI=1S/C20H20N4OS/c1-23-13-5-7-17(23)19-18(16-6-3-4-12-21-16)22-20(26)24(19)14-8-10-15(25-2)11-9-14/h3-13,18-19H,1-2H3,(H,22,26)/t18-,19-/m1/s1. The molecule has 132 valence electrons. The van der Waals surface area contributed by atoms with Gasteiger partial charge in [-0.3, -0.25) is 4.98 Å². The van der Waals surface area contributed by atoms with Gasteiger partial charge in [0.25, 0.3) is 0 Å². The van der Waals surface area contributed by atoms with E-state index in [0.29, 0.717) is 5.11 Å². The second-order valence-corrected chi connectivity index (χ2v) is 6.63. The molecule has 1 fully saturated rings. The smallest absolute Gasteiger partial charge is 0.174 e. The first kappa shape index (κ1) is 16.6. The molecule has 0 amide bonds. The number of hydrogen-bond acceptors (Lipinski definition) is 3. The average molecular weight is 364 g/mol. The summed E-state index contributed by atoms with van der Waals surface area (Å²) in [4.78, 5) is 6.72. The molecule has 0 radical (unpaired) electrons. The number of aromatic nitrogens is 2. The molecule has 1 aliphatic heterocycles. The van der Waals surface area contributed by atoms with Crippen molar-refractivity contribution in [3.8, 4) is 5.75 Å². The molecule has 5 nitrogen and oxygen atoms in total. The van der Waals surface area contributed by atoms with Crippen molar-refractivity contribution >= 4 is 23.0 Å². The van der Waals surface area contributed by atoms with Crippen molar-refractivity contribution in [1.29, 1.82) is 0 Å². The summed E-state index contributed by atoms with van der Waals surface area (Å²) in [6.07, 6.45) is 3.87. The number of hydrogen-bond donors (Lipinski definition) is 1. The Morgan fingerprint density at radius 3 is 2.50 bits per heavy atom. The molecule has 0 aliphatic carbocycles. The maximum Gasteiger partial charge on any atom is 0.174 e. The Bertz CT molecular complexity index is 907. The lowest BCUT2D eigenvalue weighted by Gasteiger charge is -2.28. The van der Waals surface area contributed by atoms with E-state index in [1.165, 1.54) is 5.69 Å². The van der Waals surface area contributed by atoms with Gasteiger partial charge in [0, 0.05) is 30.8 Å². The average Bonchev–Trinajstić information content (AvgIpc) is 3.25. The lowest BCUT2D eigenvalue weighted by molar-refractivity contribution is 0.415. The van der Waals surface area contributed by atoms with Crippen LogP contribution in [0.4, 0.5) is 5.69 Å². The van der Waals surface area contributed by atoms with Gasteiger partial charge in [0.05, 0.1) is 18.8 Å². The molecule has 1 aromatic carbocycles. The number of methoxy groups -OCH3 is 1. The Morgan fingerprint density at radius 1 is 1.08 bits per heavy atom. The fourth-order valence-corrected chi connectivity index (χ4v) is 3.80. The first-order valence-corrected chi connectivity index (χ1v) is 8.86. The van der Waals surface area contributed by atoms with Crippen LogP contribution in [0.2, 0.25) is 0 Å². The molecular weight excluding hydrogens is 344 g/mol. The van der Waals surface area contributed by atoms with E-state index >= 15 is 0 Å². The quantitative estimate of drug-likeness (QED) is 0.717. The Kier molecular flexibility index (Phi) is 4.34. The van der Waals surface area contributed by atoms with Gasteiger partial charge in [-0.1, -0.05) is 6.07 Å². The molecule has 1 N–H and O–H groups in total. The van der Waals surface area contributed by atoms with Crippen LogP contribution in [-0.4, -0.2) is 21.8 Å². The predicted molar refractivity (Wildman–Crippen MR) is 106 cm³/mol. The number of nitrogens with zero attached hydrogens (tertiary/aromatic N) is 3. The van der Waals surface area contributed by atoms with Crippen LogP contribution in [0, 0.1) is 0 Å². The number of thiocarbonyl (C=S) groups is 1. The second kappa shape index (κ2) is 6.80. The number of nitrogens with one attached hydrogen (secondary N) is 1. The molecule has 0 unspecified atom stereocenters. The summed E-state index contributed by atoms with van der Waals surface area (Å²) in [6, 6.07) is 18.1. The number of anilines is 1. The van der Waals surface area contributed by atoms with Gasteiger partial charge in [0.2, 0.25) is 0 Å². The molecule has 2 aromatic heterocycles. The van der Waals surface area contributed by atoms with Gasteiger partial charge in [-0.05, 0) is 60.7 Å². The van der Waals surface area contributed by atoms with Gasteiger partial charge in [-0.15, -0.1) is 0 Å². The van der Waals surface area contributed by atoms with Crippen LogP contribution in [-0.2, 0) is 7.05 Å². The van der Waals surface area contributed by atoms with Crippen LogP contribution in [0.1, 0.15) is 23.5 Å². The van der Waals surface area contributed by atoms with Crippen LogP contribution in [0.25, 0.3) is 0 Å². The molecule has 0 spiro atoms. The van der Waals surface area contributed by atoms with E-state index in [1.807, 2.05) is 48.7 Å². The highest BCUT2D eigenvalue weighted by Crippen LogP contribution is 2.41. The number of pyridine rings is 1. The minimum absolute atomic E-state index is 0.00537. The molecule has 3 heterocycles. The maximum atomic E-state index is 5.70. The fraction of sp³-hybridized carbons (Fsp3) is 0.200. The minimum atomic E-state index is -0.0283. The summed E-state index contributed by atoms with van der Waals surface area (Å²) >= 11 is 5.70. The highest BCUT2D eigenvalue weighted by Gasteiger charge is 2.41. The molecule has 26 heavy (non-hydrogen) atoms. The molecule has 2 atom stereocenters. The fourth-order valence-electron chi connectivity index (χ4n) is 3.46. The van der Waals surface area contributed by atoms with Crippen LogP contribution in [0.3, 0.4) is 0 Å². The summed E-state index contributed by atoms with van der Waals surface area (Å²) < 4.78 is 7.42. The summed E-state index contributed by atoms with van der Waals surface area (Å²) in [7, 11) is 3.72. The van der Waals surface area contributed by atoms with E-state index in [4.69, 9.17) is 17.0 Å². The lowest BCUT2D eigenvalue weighted by atomic mass is 10.0. The largest absolute Gasteiger partial charge is 0.497 e. The van der Waals surface area contributed by atoms with E-state index in [0.717, 1.165) is 17.1 Å². The van der Waals surface area contributed by atoms with E-state index in [-0.39, 0.29) is 12.1 Å². The zero-order valence-corrected chi connectivity index (χ0v) is 15.5. The summed E-state index contributed by atoms with van der Waals surface area (Å²) in [5.74, 6) is 0.823. The summed E-state index contributed by atoms with van der Waals surface area (Å²) in [5.41, 5.74) is 3.16. The van der Waals surface area contributed by atoms with E-state index < -0.39 is 0 Å². The number of ether oxygens (including phenoxy) is 1. The molecule has 1 aliphatic rings. The third-order valence-electron chi connectivity index (χ3n) is 4.74. The monoisotopic (exact) mass is 364 g/mol. The first-order chi connectivity index (χ1) is 12.7. The van der Waals surface area contributed by atoms with E-state index in [9.17, 15) is 0 Å². The zero-order valence-electron chi connectivity index (χ0n) is 14.7. The Labute approximate surface area is 158 Å². The molecule has 0 bridgehead atoms. The minimum Gasteiger partial charge on any atom is -0.497 e. The van der Waals surface area contributed by atoms with Gasteiger partial charge < -0.3 is 19.5 Å². The second-order valence-electron chi connectivity index (χ2n) is 6.24. The summed E-state index contributed by atoms with van der Waals surface area (Å²) in [6.45, 7) is 0. The normalized spacial score (nSPS) is 19.5. The van der Waals surface area contributed by atoms with Crippen molar-refractivity contribution in [1.82, 2.24) is 14.9 Å². The van der Waals surface area contributed by atoms with Crippen molar-refractivity contribution in [3.63, 3.8) is 0 Å². The molecular formula is C20H20N4OS. The topological polar surface area (TPSA) is 42.3 Å². The van der Waals surface area contributed by atoms with Crippen molar-refractivity contribution < 1.29 is 4.74 Å². The van der Waals surface area contributed by atoms with Gasteiger partial charge in [-0.2, -0.15) is 0 Å². The van der Waals surface area contributed by atoms with Crippen molar-refractivity contribution in [2.24, 2.45) is 7.05 Å². The van der Waals surface area contributed by atoms with Crippen molar-refractivity contribution in [2.45, 2.75) is 12.1 Å². The summed E-state index contributed by atoms with van der Waals surface area (Å²) in [5, 5.41) is 4.15. The van der Waals surface area contributed by atoms with Gasteiger partial charge in [-0.25, -0.2) is 0 Å². The molecule has 6 heteroatoms. The van der Waals surface area contributed by atoms with Gasteiger partial charge in [0.15, 0.2) is 5.11 Å².